The van der Waals surface area contributed by atoms with Gasteiger partial charge in [-0.1, -0.05) is 60.7 Å². The molecule has 0 N–H and O–H groups in total. The first-order valence-corrected chi connectivity index (χ1v) is 13.7. The largest absolute Gasteiger partial charge is 0.489 e. The molecule has 4 nitrogen and oxygen atoms in total. The maximum absolute atomic E-state index is 12.4. The number of ketones is 1. The molecule has 38 heavy (non-hydrogen) atoms. The topological polar surface area (TPSA) is 42.4 Å². The van der Waals surface area contributed by atoms with Gasteiger partial charge in [-0.05, 0) is 90.4 Å². The number of hydrogen-bond donors (Lipinski definition) is 0. The highest BCUT2D eigenvalue weighted by atomic mass is 16.5. The second-order valence-corrected chi connectivity index (χ2v) is 10.3. The van der Waals surface area contributed by atoms with Crippen LogP contribution in [0.2, 0.25) is 0 Å². The minimum atomic E-state index is 0.234. The molecule has 1 saturated heterocycles. The van der Waals surface area contributed by atoms with Crippen LogP contribution in [0.3, 0.4) is 0 Å². The number of benzene rings is 3. The van der Waals surface area contributed by atoms with Crippen LogP contribution < -0.4 is 4.74 Å². The first kappa shape index (κ1) is 25.9. The number of ether oxygens (including phenoxy) is 1. The molecule has 0 radical (unpaired) electrons. The molecule has 1 aliphatic rings. The first-order chi connectivity index (χ1) is 18.6. The molecular weight excluding hydrogens is 468 g/mol. The highest BCUT2D eigenvalue weighted by molar-refractivity contribution is 5.81. The molecule has 2 heterocycles. The summed E-state index contributed by atoms with van der Waals surface area (Å²) in [4.78, 5) is 19.1. The summed E-state index contributed by atoms with van der Waals surface area (Å²) in [6.45, 7) is 5.02. The molecule has 1 aromatic heterocycles. The average Bonchev–Trinajstić information content (AvgIpc) is 3.36. The summed E-state index contributed by atoms with van der Waals surface area (Å²) in [5, 5.41) is 0. The van der Waals surface area contributed by atoms with E-state index in [2.05, 4.69) is 65.3 Å². The normalized spacial score (nSPS) is 15.4. The Bertz CT molecular complexity index is 1330. The van der Waals surface area contributed by atoms with Crippen molar-refractivity contribution in [2.24, 2.45) is 0 Å². The summed E-state index contributed by atoms with van der Waals surface area (Å²) < 4.78 is 6.17. The number of pyridine rings is 1. The monoisotopic (exact) mass is 504 g/mol. The minimum Gasteiger partial charge on any atom is -0.489 e. The molecule has 5 rings (SSSR count). The zero-order chi connectivity index (χ0) is 26.2. The summed E-state index contributed by atoms with van der Waals surface area (Å²) in [5.41, 5.74) is 7.07. The molecule has 1 aliphatic heterocycles. The van der Waals surface area contributed by atoms with Crippen LogP contribution in [0.1, 0.15) is 48.4 Å². The molecule has 0 saturated carbocycles. The summed E-state index contributed by atoms with van der Waals surface area (Å²) >= 11 is 0. The van der Waals surface area contributed by atoms with Crippen LogP contribution in [-0.2, 0) is 30.8 Å². The van der Waals surface area contributed by atoms with Crippen LogP contribution in [0.25, 0.3) is 11.1 Å². The number of aromatic nitrogens is 1. The van der Waals surface area contributed by atoms with Crippen LogP contribution >= 0.6 is 0 Å². The van der Waals surface area contributed by atoms with Crippen LogP contribution in [0, 0.1) is 0 Å². The van der Waals surface area contributed by atoms with E-state index in [0.29, 0.717) is 25.5 Å². The predicted molar refractivity (Wildman–Crippen MR) is 153 cm³/mol. The number of carbonyl (C=O) groups is 1. The van der Waals surface area contributed by atoms with Gasteiger partial charge in [0.2, 0.25) is 0 Å². The minimum absolute atomic E-state index is 0.234. The Hall–Kier alpha value is -3.76. The third kappa shape index (κ3) is 6.96. The number of hydrogen-bond acceptors (Lipinski definition) is 4. The van der Waals surface area contributed by atoms with Gasteiger partial charge >= 0.3 is 0 Å². The lowest BCUT2D eigenvalue weighted by atomic mass is 9.98. The van der Waals surface area contributed by atoms with E-state index in [1.54, 1.807) is 6.20 Å². The van der Waals surface area contributed by atoms with Crippen molar-refractivity contribution < 1.29 is 9.53 Å². The van der Waals surface area contributed by atoms with E-state index in [0.717, 1.165) is 35.4 Å². The van der Waals surface area contributed by atoms with Gasteiger partial charge in [-0.15, -0.1) is 0 Å². The lowest BCUT2D eigenvalue weighted by Crippen LogP contribution is -2.26. The van der Waals surface area contributed by atoms with Crippen LogP contribution in [0.4, 0.5) is 0 Å². The molecule has 4 heteroatoms. The molecule has 0 bridgehead atoms. The van der Waals surface area contributed by atoms with Gasteiger partial charge in [0.05, 0.1) is 0 Å². The molecular formula is C34H36N2O2. The van der Waals surface area contributed by atoms with E-state index in [9.17, 15) is 4.79 Å². The van der Waals surface area contributed by atoms with E-state index in [1.807, 2.05) is 42.6 Å². The number of nitrogens with zero attached hydrogens (tertiary/aromatic N) is 2. The number of carbonyl (C=O) groups excluding carboxylic acids is 1. The van der Waals surface area contributed by atoms with E-state index in [4.69, 9.17) is 4.74 Å². The smallest absolute Gasteiger partial charge is 0.137 e. The van der Waals surface area contributed by atoms with Gasteiger partial charge in [0, 0.05) is 37.8 Å². The molecule has 0 aliphatic carbocycles. The van der Waals surface area contributed by atoms with Crippen molar-refractivity contribution in [2.75, 3.05) is 6.54 Å². The standard InChI is InChI=1S/C34H36N2O2/c1-26-7-6-20-36(26)24-29-8-4-11-30(21-29)34-12-3-2-10-31(34)25-38-33-17-14-27(15-18-33)22-32(37)16-13-28-9-5-19-35-23-28/h2-5,8-12,14-15,17-19,21,23,26H,6-7,13,16,20,22,24-25H2,1H3. The number of rotatable bonds is 11. The molecule has 1 atom stereocenters. The first-order valence-electron chi connectivity index (χ1n) is 13.7. The van der Waals surface area contributed by atoms with Crippen molar-refractivity contribution in [2.45, 2.75) is 58.2 Å². The maximum atomic E-state index is 12.4. The van der Waals surface area contributed by atoms with E-state index in [-0.39, 0.29) is 5.78 Å². The van der Waals surface area contributed by atoms with Crippen molar-refractivity contribution in [1.82, 2.24) is 9.88 Å². The SMILES string of the molecule is CC1CCCN1Cc1cccc(-c2ccccc2COc2ccc(CC(=O)CCc3cccnc3)cc2)c1. The summed E-state index contributed by atoms with van der Waals surface area (Å²) in [6.07, 6.45) is 7.86. The van der Waals surface area contributed by atoms with Gasteiger partial charge in [0.1, 0.15) is 18.1 Å². The third-order valence-electron chi connectivity index (χ3n) is 7.47. The lowest BCUT2D eigenvalue weighted by molar-refractivity contribution is -0.118. The highest BCUT2D eigenvalue weighted by Crippen LogP contribution is 2.27. The van der Waals surface area contributed by atoms with Gasteiger partial charge in [-0.2, -0.15) is 0 Å². The van der Waals surface area contributed by atoms with E-state index >= 15 is 0 Å². The Morgan fingerprint density at radius 2 is 1.79 bits per heavy atom. The van der Waals surface area contributed by atoms with Crippen LogP contribution in [0.5, 0.6) is 5.75 Å². The van der Waals surface area contributed by atoms with Gasteiger partial charge in [0.25, 0.3) is 0 Å². The van der Waals surface area contributed by atoms with E-state index < -0.39 is 0 Å². The zero-order valence-electron chi connectivity index (χ0n) is 22.2. The van der Waals surface area contributed by atoms with Crippen molar-refractivity contribution in [3.63, 3.8) is 0 Å². The third-order valence-corrected chi connectivity index (χ3v) is 7.47. The zero-order valence-corrected chi connectivity index (χ0v) is 22.2. The molecule has 3 aromatic carbocycles. The number of aryl methyl sites for hydroxylation is 1. The van der Waals surface area contributed by atoms with E-state index in [1.165, 1.54) is 36.1 Å². The fourth-order valence-electron chi connectivity index (χ4n) is 5.24. The maximum Gasteiger partial charge on any atom is 0.137 e. The quantitative estimate of drug-likeness (QED) is 0.219. The number of likely N-dealkylation sites (tertiary alicyclic amines) is 1. The highest BCUT2D eigenvalue weighted by Gasteiger charge is 2.20. The van der Waals surface area contributed by atoms with Crippen molar-refractivity contribution in [3.05, 3.63) is 120 Å². The van der Waals surface area contributed by atoms with Crippen molar-refractivity contribution in [3.8, 4) is 16.9 Å². The summed E-state index contributed by atoms with van der Waals surface area (Å²) in [5.74, 6) is 1.04. The Balaban J connectivity index is 1.18. The van der Waals surface area contributed by atoms with Gasteiger partial charge in [-0.25, -0.2) is 0 Å². The second kappa shape index (κ2) is 12.7. The second-order valence-electron chi connectivity index (χ2n) is 10.3. The molecule has 0 amide bonds. The fraction of sp³-hybridized carbons (Fsp3) is 0.294. The molecule has 1 unspecified atom stereocenters. The van der Waals surface area contributed by atoms with Crippen molar-refractivity contribution >= 4 is 5.78 Å². The van der Waals surface area contributed by atoms with Gasteiger partial charge < -0.3 is 4.74 Å². The molecule has 1 fully saturated rings. The Morgan fingerprint density at radius 1 is 0.947 bits per heavy atom. The van der Waals surface area contributed by atoms with Crippen LogP contribution in [0.15, 0.2) is 97.3 Å². The fourth-order valence-corrected chi connectivity index (χ4v) is 5.24. The number of Topliss-reactive ketones (excluding diaryl/α,β-unsaturated/α-hetero) is 1. The Morgan fingerprint density at radius 3 is 2.58 bits per heavy atom. The summed E-state index contributed by atoms with van der Waals surface area (Å²) in [7, 11) is 0. The Kier molecular flexibility index (Phi) is 8.62. The lowest BCUT2D eigenvalue weighted by Gasteiger charge is -2.21. The average molecular weight is 505 g/mol. The molecule has 0 spiro atoms. The predicted octanol–water partition coefficient (Wildman–Crippen LogP) is 7.06. The van der Waals surface area contributed by atoms with Crippen LogP contribution in [-0.4, -0.2) is 28.3 Å². The van der Waals surface area contributed by atoms with Crippen molar-refractivity contribution in [1.29, 1.82) is 0 Å². The Labute approximate surface area is 226 Å². The molecule has 194 valence electrons. The summed E-state index contributed by atoms with van der Waals surface area (Å²) in [6, 6.07) is 29.9. The van der Waals surface area contributed by atoms with Gasteiger partial charge in [0.15, 0.2) is 0 Å². The molecule has 4 aromatic rings. The van der Waals surface area contributed by atoms with Gasteiger partial charge in [-0.3, -0.25) is 14.7 Å².